The number of aromatic nitrogens is 3. The highest BCUT2D eigenvalue weighted by atomic mass is 32.1. The molecule has 0 aliphatic rings. The number of benzene rings is 8. The fraction of sp³-hybridized carbons (Fsp3) is 0. The molecule has 0 aliphatic carbocycles. The van der Waals surface area contributed by atoms with Crippen molar-refractivity contribution in [2.24, 2.45) is 0 Å². The van der Waals surface area contributed by atoms with Crippen LogP contribution in [0.1, 0.15) is 0 Å². The highest BCUT2D eigenvalue weighted by Crippen LogP contribution is 2.48. The molecule has 0 saturated heterocycles. The van der Waals surface area contributed by atoms with E-state index in [0.717, 1.165) is 49.8 Å². The van der Waals surface area contributed by atoms with Crippen molar-refractivity contribution in [1.82, 2.24) is 15.0 Å². The average Bonchev–Trinajstić information content (AvgIpc) is 3.98. The zero-order chi connectivity index (χ0) is 37.5. The highest BCUT2D eigenvalue weighted by molar-refractivity contribution is 7.26. The third-order valence-electron chi connectivity index (χ3n) is 11.0. The van der Waals surface area contributed by atoms with Gasteiger partial charge < -0.3 is 4.42 Å². The molecule has 12 rings (SSSR count). The van der Waals surface area contributed by atoms with Gasteiger partial charge in [0.25, 0.3) is 0 Å². The topological polar surface area (TPSA) is 51.8 Å². The number of para-hydroxylation sites is 1. The van der Waals surface area contributed by atoms with E-state index in [0.29, 0.717) is 17.5 Å². The van der Waals surface area contributed by atoms with E-state index in [2.05, 4.69) is 115 Å². The first-order valence-electron chi connectivity index (χ1n) is 18.9. The van der Waals surface area contributed by atoms with E-state index in [9.17, 15) is 0 Å². The molecule has 0 amide bonds. The summed E-state index contributed by atoms with van der Waals surface area (Å²) in [5, 5.41) is 7.28. The van der Waals surface area contributed by atoms with Gasteiger partial charge in [0.1, 0.15) is 11.2 Å². The normalized spacial score (nSPS) is 11.9. The Hall–Kier alpha value is -6.99. The van der Waals surface area contributed by atoms with E-state index in [1.54, 1.807) is 11.3 Å². The number of thiophene rings is 2. The first-order valence-corrected chi connectivity index (χ1v) is 20.6. The van der Waals surface area contributed by atoms with Crippen molar-refractivity contribution in [1.29, 1.82) is 0 Å². The predicted octanol–water partition coefficient (Wildman–Crippen LogP) is 14.8. The fourth-order valence-corrected chi connectivity index (χ4v) is 10.8. The predicted molar refractivity (Wildman–Crippen MR) is 240 cm³/mol. The molecule has 0 N–H and O–H groups in total. The molecular weight excluding hydrogens is 735 g/mol. The molecule has 57 heavy (non-hydrogen) atoms. The summed E-state index contributed by atoms with van der Waals surface area (Å²) in [7, 11) is 0. The van der Waals surface area contributed by atoms with Crippen molar-refractivity contribution >= 4 is 85.0 Å². The first kappa shape index (κ1) is 32.3. The van der Waals surface area contributed by atoms with Gasteiger partial charge in [-0.05, 0) is 29.8 Å². The van der Waals surface area contributed by atoms with Crippen LogP contribution in [0.2, 0.25) is 0 Å². The summed E-state index contributed by atoms with van der Waals surface area (Å²) < 4.78 is 11.8. The molecule has 4 aromatic heterocycles. The van der Waals surface area contributed by atoms with Crippen LogP contribution in [0.3, 0.4) is 0 Å². The number of hydrogen-bond acceptors (Lipinski definition) is 6. The van der Waals surface area contributed by atoms with Crippen LogP contribution in [0.15, 0.2) is 180 Å². The molecule has 0 aliphatic heterocycles. The zero-order valence-electron chi connectivity index (χ0n) is 30.3. The minimum Gasteiger partial charge on any atom is -0.455 e. The van der Waals surface area contributed by atoms with Gasteiger partial charge in [0.15, 0.2) is 17.5 Å². The molecule has 266 valence electrons. The molecule has 4 nitrogen and oxygen atoms in total. The van der Waals surface area contributed by atoms with Crippen molar-refractivity contribution in [2.75, 3.05) is 0 Å². The van der Waals surface area contributed by atoms with Crippen LogP contribution < -0.4 is 0 Å². The third-order valence-corrected chi connectivity index (χ3v) is 13.4. The highest BCUT2D eigenvalue weighted by Gasteiger charge is 2.22. The van der Waals surface area contributed by atoms with Gasteiger partial charge in [0, 0.05) is 84.5 Å². The number of rotatable bonds is 5. The van der Waals surface area contributed by atoms with E-state index >= 15 is 0 Å². The molecule has 0 spiro atoms. The molecule has 8 aromatic carbocycles. The smallest absolute Gasteiger partial charge is 0.164 e. The first-order chi connectivity index (χ1) is 28.2. The largest absolute Gasteiger partial charge is 0.455 e. The lowest BCUT2D eigenvalue weighted by atomic mass is 9.93. The zero-order valence-corrected chi connectivity index (χ0v) is 31.9. The van der Waals surface area contributed by atoms with Gasteiger partial charge in [-0.15, -0.1) is 22.7 Å². The summed E-state index contributed by atoms with van der Waals surface area (Å²) in [6.45, 7) is 0. The SMILES string of the molecule is c1ccc(-c2nc(-c3ccccc3)nc(-c3ccc4c(c3)sc3c(-c5ccc(-c6cccc7c6sc6ccccc67)c6c5oc5ccccc56)cccc34)n2)cc1. The summed E-state index contributed by atoms with van der Waals surface area (Å²) in [5.41, 5.74) is 9.31. The Morgan fingerprint density at radius 3 is 1.58 bits per heavy atom. The summed E-state index contributed by atoms with van der Waals surface area (Å²) >= 11 is 3.66. The summed E-state index contributed by atoms with van der Waals surface area (Å²) in [5.74, 6) is 1.95. The third kappa shape index (κ3) is 5.15. The second kappa shape index (κ2) is 12.8. The van der Waals surface area contributed by atoms with Crippen LogP contribution in [-0.4, -0.2) is 15.0 Å². The molecule has 4 heterocycles. The summed E-state index contributed by atoms with van der Waals surface area (Å²) in [6, 6.07) is 61.9. The van der Waals surface area contributed by atoms with Crippen LogP contribution in [-0.2, 0) is 0 Å². The minimum atomic E-state index is 0.649. The van der Waals surface area contributed by atoms with Gasteiger partial charge >= 0.3 is 0 Å². The second-order valence-corrected chi connectivity index (χ2v) is 16.4. The Bertz CT molecular complexity index is 3470. The van der Waals surface area contributed by atoms with Crippen molar-refractivity contribution in [3.63, 3.8) is 0 Å². The molecular formula is C51H29N3OS2. The molecule has 6 heteroatoms. The van der Waals surface area contributed by atoms with Crippen LogP contribution in [0.5, 0.6) is 0 Å². The van der Waals surface area contributed by atoms with Crippen molar-refractivity contribution in [2.45, 2.75) is 0 Å². The number of nitrogens with zero attached hydrogens (tertiary/aromatic N) is 3. The van der Waals surface area contributed by atoms with Gasteiger partial charge in [-0.3, -0.25) is 0 Å². The van der Waals surface area contributed by atoms with Gasteiger partial charge in [0.05, 0.1) is 0 Å². The van der Waals surface area contributed by atoms with Crippen LogP contribution in [0, 0.1) is 0 Å². The van der Waals surface area contributed by atoms with Crippen molar-refractivity contribution in [3.05, 3.63) is 176 Å². The van der Waals surface area contributed by atoms with Gasteiger partial charge in [0.2, 0.25) is 0 Å². The lowest BCUT2D eigenvalue weighted by Gasteiger charge is -2.10. The van der Waals surface area contributed by atoms with E-state index in [-0.39, 0.29) is 0 Å². The lowest BCUT2D eigenvalue weighted by Crippen LogP contribution is -1.99. The Kier molecular flexibility index (Phi) is 7.24. The van der Waals surface area contributed by atoms with E-state index in [4.69, 9.17) is 19.4 Å². The van der Waals surface area contributed by atoms with Gasteiger partial charge in [-0.2, -0.15) is 0 Å². The maximum absolute atomic E-state index is 6.85. The second-order valence-electron chi connectivity index (χ2n) is 14.3. The van der Waals surface area contributed by atoms with E-state index in [1.165, 1.54) is 51.5 Å². The molecule has 12 aromatic rings. The number of fused-ring (bicyclic) bond motifs is 9. The van der Waals surface area contributed by atoms with Gasteiger partial charge in [-0.1, -0.05) is 152 Å². The number of hydrogen-bond donors (Lipinski definition) is 0. The average molecular weight is 764 g/mol. The standard InChI is InChI=1S/C51H29N3OS2/c1-3-13-30(14-4-1)49-52-50(31-15-5-2-6-16-31)54-51(53-49)32-25-26-34-38-20-12-22-40(48(38)57-44(34)29-32)36-28-27-35(45-41-18-7-9-23-42(41)55-46(36)45)39-21-11-19-37-33-17-8-10-24-43(33)56-47(37)39/h1-29H. The van der Waals surface area contributed by atoms with Crippen molar-refractivity contribution in [3.8, 4) is 56.4 Å². The summed E-state index contributed by atoms with van der Waals surface area (Å²) in [4.78, 5) is 14.9. The van der Waals surface area contributed by atoms with Crippen molar-refractivity contribution < 1.29 is 4.42 Å². The molecule has 0 unspecified atom stereocenters. The molecule has 0 saturated carbocycles. The Balaban J connectivity index is 1.04. The Morgan fingerprint density at radius 2 is 0.877 bits per heavy atom. The fourth-order valence-electron chi connectivity index (χ4n) is 8.31. The molecule has 0 fully saturated rings. The van der Waals surface area contributed by atoms with Crippen LogP contribution in [0.25, 0.3) is 119 Å². The lowest BCUT2D eigenvalue weighted by molar-refractivity contribution is 0.670. The van der Waals surface area contributed by atoms with Crippen LogP contribution >= 0.6 is 22.7 Å². The Morgan fingerprint density at radius 1 is 0.351 bits per heavy atom. The minimum absolute atomic E-state index is 0.649. The monoisotopic (exact) mass is 763 g/mol. The number of furan rings is 1. The van der Waals surface area contributed by atoms with E-state index in [1.807, 2.05) is 72.0 Å². The van der Waals surface area contributed by atoms with Crippen LogP contribution in [0.4, 0.5) is 0 Å². The molecule has 0 radical (unpaired) electrons. The molecule has 0 atom stereocenters. The quantitative estimate of drug-likeness (QED) is 0.175. The summed E-state index contributed by atoms with van der Waals surface area (Å²) in [6.07, 6.45) is 0. The van der Waals surface area contributed by atoms with E-state index < -0.39 is 0 Å². The maximum atomic E-state index is 6.85. The Labute approximate surface area is 335 Å². The molecule has 0 bridgehead atoms. The van der Waals surface area contributed by atoms with Gasteiger partial charge in [-0.25, -0.2) is 15.0 Å². The maximum Gasteiger partial charge on any atom is 0.164 e.